The minimum atomic E-state index is -0.908. The molecule has 0 aromatic heterocycles. The second-order valence-electron chi connectivity index (χ2n) is 1.67. The van der Waals surface area contributed by atoms with Crippen LogP contribution in [0.5, 0.6) is 0 Å². The van der Waals surface area contributed by atoms with E-state index in [0.29, 0.717) is 6.54 Å². The molecule has 1 saturated heterocycles. The molecule has 1 atom stereocenters. The fraction of sp³-hybridized carbons (Fsp3) is 0.500. The van der Waals surface area contributed by atoms with Crippen LogP contribution in [0.4, 0.5) is 4.79 Å². The molecule has 0 radical (unpaired) electrons. The van der Waals surface area contributed by atoms with Crippen LogP contribution in [0.25, 0.3) is 0 Å². The zero-order valence-corrected chi connectivity index (χ0v) is 4.59. The van der Waals surface area contributed by atoms with Gasteiger partial charge in [-0.05, 0) is 0 Å². The molecule has 3 N–H and O–H groups in total. The standard InChI is InChI=1S/C4H6N2O3/c5-4(8)9-2-1-6-3(2)7/h2H,1H2,(H2,5,8)(H,6,7). The van der Waals surface area contributed by atoms with Gasteiger partial charge >= 0.3 is 6.09 Å². The van der Waals surface area contributed by atoms with Crippen molar-refractivity contribution in [2.24, 2.45) is 5.73 Å². The average Bonchev–Trinajstić information content (AvgIpc) is 1.79. The number of carbonyl (C=O) groups is 2. The van der Waals surface area contributed by atoms with Crippen molar-refractivity contribution in [3.8, 4) is 0 Å². The summed E-state index contributed by atoms with van der Waals surface area (Å²) in [5, 5.41) is 2.39. The molecule has 0 aromatic carbocycles. The summed E-state index contributed by atoms with van der Waals surface area (Å²) in [5.74, 6) is -0.284. The summed E-state index contributed by atoms with van der Waals surface area (Å²) in [4.78, 5) is 20.3. The third-order valence-corrected chi connectivity index (χ3v) is 1.01. The van der Waals surface area contributed by atoms with Gasteiger partial charge < -0.3 is 15.8 Å². The number of hydrogen-bond donors (Lipinski definition) is 2. The lowest BCUT2D eigenvalue weighted by Gasteiger charge is -2.24. The molecule has 0 spiro atoms. The van der Waals surface area contributed by atoms with Gasteiger partial charge in [-0.3, -0.25) is 4.79 Å². The van der Waals surface area contributed by atoms with Gasteiger partial charge in [-0.2, -0.15) is 0 Å². The number of nitrogens with one attached hydrogen (secondary N) is 1. The molecule has 5 nitrogen and oxygen atoms in total. The van der Waals surface area contributed by atoms with E-state index >= 15 is 0 Å². The predicted molar refractivity (Wildman–Crippen MR) is 27.5 cm³/mol. The number of hydrogen-bond acceptors (Lipinski definition) is 3. The maximum Gasteiger partial charge on any atom is 0.405 e. The lowest BCUT2D eigenvalue weighted by atomic mass is 10.2. The Kier molecular flexibility index (Phi) is 1.26. The van der Waals surface area contributed by atoms with Crippen LogP contribution in [-0.2, 0) is 9.53 Å². The molecule has 1 aliphatic heterocycles. The Morgan fingerprint density at radius 1 is 1.89 bits per heavy atom. The maximum absolute atomic E-state index is 10.3. The molecule has 2 amide bonds. The number of amides is 2. The first-order valence-electron chi connectivity index (χ1n) is 2.44. The van der Waals surface area contributed by atoms with Gasteiger partial charge in [-0.1, -0.05) is 0 Å². The largest absolute Gasteiger partial charge is 0.434 e. The van der Waals surface area contributed by atoms with E-state index < -0.39 is 12.2 Å². The van der Waals surface area contributed by atoms with Gasteiger partial charge in [-0.25, -0.2) is 4.79 Å². The first-order chi connectivity index (χ1) is 4.20. The van der Waals surface area contributed by atoms with Crippen LogP contribution in [0, 0.1) is 0 Å². The molecule has 1 unspecified atom stereocenters. The molecule has 0 aromatic rings. The van der Waals surface area contributed by atoms with E-state index in [1.54, 1.807) is 0 Å². The van der Waals surface area contributed by atoms with Crippen molar-refractivity contribution in [3.63, 3.8) is 0 Å². The molecule has 50 valence electrons. The first-order valence-corrected chi connectivity index (χ1v) is 2.44. The highest BCUT2D eigenvalue weighted by Gasteiger charge is 2.30. The topological polar surface area (TPSA) is 81.4 Å². The fourth-order valence-electron chi connectivity index (χ4n) is 0.504. The Balaban J connectivity index is 2.29. The molecule has 0 saturated carbocycles. The molecular formula is C4H6N2O3. The number of β-lactam (4-membered cyclic amide) rings is 1. The molecular weight excluding hydrogens is 124 g/mol. The van der Waals surface area contributed by atoms with E-state index in [0.717, 1.165) is 0 Å². The van der Waals surface area contributed by atoms with Crippen LogP contribution in [0.15, 0.2) is 0 Å². The lowest BCUT2D eigenvalue weighted by Crippen LogP contribution is -2.55. The Hall–Kier alpha value is -1.26. The predicted octanol–water partition coefficient (Wildman–Crippen LogP) is -1.42. The van der Waals surface area contributed by atoms with Crippen LogP contribution >= 0.6 is 0 Å². The van der Waals surface area contributed by atoms with E-state index in [1.807, 2.05) is 0 Å². The minimum absolute atomic E-state index is 0.284. The zero-order chi connectivity index (χ0) is 6.85. The Morgan fingerprint density at radius 2 is 2.56 bits per heavy atom. The Labute approximate surface area is 51.2 Å². The van der Waals surface area contributed by atoms with Crippen molar-refractivity contribution >= 4 is 12.0 Å². The van der Waals surface area contributed by atoms with Gasteiger partial charge in [0.1, 0.15) is 0 Å². The summed E-state index contributed by atoms with van der Waals surface area (Å²) in [6.45, 7) is 0.377. The van der Waals surface area contributed by atoms with Crippen molar-refractivity contribution in [2.45, 2.75) is 6.10 Å². The smallest absolute Gasteiger partial charge is 0.405 e. The average molecular weight is 130 g/mol. The van der Waals surface area contributed by atoms with Crippen LogP contribution < -0.4 is 11.1 Å². The van der Waals surface area contributed by atoms with E-state index in [2.05, 4.69) is 15.8 Å². The van der Waals surface area contributed by atoms with Gasteiger partial charge in [0.25, 0.3) is 5.91 Å². The summed E-state index contributed by atoms with van der Waals surface area (Å²) in [6, 6.07) is 0. The summed E-state index contributed by atoms with van der Waals surface area (Å²) in [6.07, 6.45) is -1.56. The molecule has 0 aliphatic carbocycles. The summed E-state index contributed by atoms with van der Waals surface area (Å²) >= 11 is 0. The van der Waals surface area contributed by atoms with E-state index in [9.17, 15) is 9.59 Å². The molecule has 0 bridgehead atoms. The number of primary amides is 1. The Morgan fingerprint density at radius 3 is 2.67 bits per heavy atom. The highest BCUT2D eigenvalue weighted by molar-refractivity contribution is 5.88. The van der Waals surface area contributed by atoms with Crippen molar-refractivity contribution in [1.82, 2.24) is 5.32 Å². The highest BCUT2D eigenvalue weighted by Crippen LogP contribution is 1.98. The SMILES string of the molecule is NC(=O)OC1CNC1=O. The van der Waals surface area contributed by atoms with Crippen molar-refractivity contribution in [2.75, 3.05) is 6.54 Å². The third-order valence-electron chi connectivity index (χ3n) is 1.01. The maximum atomic E-state index is 10.3. The van der Waals surface area contributed by atoms with Crippen LogP contribution in [0.3, 0.4) is 0 Å². The second-order valence-corrected chi connectivity index (χ2v) is 1.67. The molecule has 9 heavy (non-hydrogen) atoms. The van der Waals surface area contributed by atoms with Gasteiger partial charge in [0.05, 0.1) is 6.54 Å². The summed E-state index contributed by atoms with van der Waals surface area (Å²) < 4.78 is 4.33. The number of ether oxygens (including phenoxy) is 1. The van der Waals surface area contributed by atoms with Gasteiger partial charge in [0.2, 0.25) is 0 Å². The van der Waals surface area contributed by atoms with Crippen molar-refractivity contribution in [3.05, 3.63) is 0 Å². The van der Waals surface area contributed by atoms with Crippen molar-refractivity contribution < 1.29 is 14.3 Å². The highest BCUT2D eigenvalue weighted by atomic mass is 16.6. The number of rotatable bonds is 1. The minimum Gasteiger partial charge on any atom is -0.434 e. The molecule has 5 heteroatoms. The lowest BCUT2D eigenvalue weighted by molar-refractivity contribution is -0.137. The monoisotopic (exact) mass is 130 g/mol. The van der Waals surface area contributed by atoms with Gasteiger partial charge in [0.15, 0.2) is 6.10 Å². The third kappa shape index (κ3) is 1.10. The summed E-state index contributed by atoms with van der Waals surface area (Å²) in [5.41, 5.74) is 4.62. The van der Waals surface area contributed by atoms with Crippen LogP contribution in [-0.4, -0.2) is 24.6 Å². The van der Waals surface area contributed by atoms with Crippen LogP contribution in [0.1, 0.15) is 0 Å². The van der Waals surface area contributed by atoms with Crippen LogP contribution in [0.2, 0.25) is 0 Å². The summed E-state index contributed by atoms with van der Waals surface area (Å²) in [7, 11) is 0. The normalized spacial score (nSPS) is 24.0. The van der Waals surface area contributed by atoms with E-state index in [-0.39, 0.29) is 5.91 Å². The van der Waals surface area contributed by atoms with Gasteiger partial charge in [0, 0.05) is 0 Å². The number of carbonyl (C=O) groups excluding carboxylic acids is 2. The first kappa shape index (κ1) is 5.87. The quantitative estimate of drug-likeness (QED) is 0.427. The van der Waals surface area contributed by atoms with E-state index in [1.165, 1.54) is 0 Å². The molecule has 1 rings (SSSR count). The zero-order valence-electron chi connectivity index (χ0n) is 4.59. The van der Waals surface area contributed by atoms with E-state index in [4.69, 9.17) is 0 Å². The molecule has 1 fully saturated rings. The molecule has 1 aliphatic rings. The Bertz CT molecular complexity index is 156. The fourth-order valence-corrected chi connectivity index (χ4v) is 0.504. The van der Waals surface area contributed by atoms with Crippen molar-refractivity contribution in [1.29, 1.82) is 0 Å². The number of nitrogens with two attached hydrogens (primary N) is 1. The molecule has 1 heterocycles. The second kappa shape index (κ2) is 1.93. The van der Waals surface area contributed by atoms with Gasteiger partial charge in [-0.15, -0.1) is 0 Å².